The molecule has 3 aromatic rings. The van der Waals surface area contributed by atoms with Gasteiger partial charge in [-0.25, -0.2) is 9.78 Å². The molecule has 0 fully saturated rings. The van der Waals surface area contributed by atoms with Crippen molar-refractivity contribution in [3.05, 3.63) is 77.6 Å². The predicted octanol–water partition coefficient (Wildman–Crippen LogP) is 3.63. The normalized spacial score (nSPS) is 11.5. The van der Waals surface area contributed by atoms with E-state index in [4.69, 9.17) is 9.47 Å². The summed E-state index contributed by atoms with van der Waals surface area (Å²) in [6.45, 7) is 3.63. The van der Waals surface area contributed by atoms with Crippen molar-refractivity contribution in [2.75, 3.05) is 7.11 Å². The third-order valence-corrected chi connectivity index (χ3v) is 4.81. The van der Waals surface area contributed by atoms with Crippen molar-refractivity contribution in [3.8, 4) is 22.6 Å². The van der Waals surface area contributed by atoms with Gasteiger partial charge in [0, 0.05) is 12.3 Å². The molecule has 7 heteroatoms. The summed E-state index contributed by atoms with van der Waals surface area (Å²) >= 11 is 0. The number of rotatable bonds is 7. The van der Waals surface area contributed by atoms with Gasteiger partial charge in [-0.3, -0.25) is 4.79 Å². The Morgan fingerprint density at radius 1 is 1.10 bits per heavy atom. The molecule has 0 aliphatic rings. The number of carbonyl (C=O) groups is 2. The van der Waals surface area contributed by atoms with Crippen molar-refractivity contribution in [2.24, 2.45) is 0 Å². The van der Waals surface area contributed by atoms with Crippen molar-refractivity contribution in [1.82, 2.24) is 10.3 Å². The maximum atomic E-state index is 12.3. The van der Waals surface area contributed by atoms with Crippen LogP contribution in [0.1, 0.15) is 28.5 Å². The van der Waals surface area contributed by atoms with Crippen LogP contribution in [0.25, 0.3) is 11.1 Å². The first-order chi connectivity index (χ1) is 14.9. The molecule has 0 aliphatic heterocycles. The second kappa shape index (κ2) is 9.75. The lowest BCUT2D eigenvalue weighted by molar-refractivity contribution is -0.146. The summed E-state index contributed by atoms with van der Waals surface area (Å²) in [6, 6.07) is 16.4. The lowest BCUT2D eigenvalue weighted by Gasteiger charge is -2.14. The third-order valence-electron chi connectivity index (χ3n) is 4.81. The fourth-order valence-electron chi connectivity index (χ4n) is 3.05. The standard InChI is InChI=1S/C24H24N2O5/c1-15-6-4-5-7-19(15)18-10-8-17(9-11-18)14-31-24(29)16(2)26-23(28)21-22(27)20(30-3)12-13-25-21/h4-13,16,27H,14H2,1-3H3,(H,26,28). The van der Waals surface area contributed by atoms with Gasteiger partial charge in [-0.15, -0.1) is 0 Å². The lowest BCUT2D eigenvalue weighted by atomic mass is 10.00. The minimum atomic E-state index is -0.925. The van der Waals surface area contributed by atoms with E-state index in [1.807, 2.05) is 36.4 Å². The Labute approximate surface area is 180 Å². The number of esters is 1. The molecule has 1 unspecified atom stereocenters. The van der Waals surface area contributed by atoms with Crippen LogP contribution in [0.4, 0.5) is 0 Å². The number of nitrogens with zero attached hydrogens (tertiary/aromatic N) is 1. The molecule has 3 rings (SSSR count). The van der Waals surface area contributed by atoms with Crippen LogP contribution in [0.2, 0.25) is 0 Å². The molecular weight excluding hydrogens is 396 g/mol. The Morgan fingerprint density at radius 2 is 1.81 bits per heavy atom. The summed E-state index contributed by atoms with van der Waals surface area (Å²) in [5, 5.41) is 12.5. The number of hydrogen-bond donors (Lipinski definition) is 2. The zero-order valence-electron chi connectivity index (χ0n) is 17.6. The highest BCUT2D eigenvalue weighted by atomic mass is 16.5. The summed E-state index contributed by atoms with van der Waals surface area (Å²) in [6.07, 6.45) is 1.33. The number of benzene rings is 2. The highest BCUT2D eigenvalue weighted by Gasteiger charge is 2.22. The maximum absolute atomic E-state index is 12.3. The Kier molecular flexibility index (Phi) is 6.87. The average Bonchev–Trinajstić information content (AvgIpc) is 2.78. The molecular formula is C24H24N2O5. The summed E-state index contributed by atoms with van der Waals surface area (Å²) in [5.74, 6) is -1.58. The third kappa shape index (κ3) is 5.19. The van der Waals surface area contributed by atoms with Gasteiger partial charge in [-0.05, 0) is 36.1 Å². The van der Waals surface area contributed by atoms with Crippen molar-refractivity contribution in [2.45, 2.75) is 26.5 Å². The van der Waals surface area contributed by atoms with Gasteiger partial charge in [0.25, 0.3) is 5.91 Å². The molecule has 7 nitrogen and oxygen atoms in total. The van der Waals surface area contributed by atoms with Gasteiger partial charge in [-0.2, -0.15) is 0 Å². The Morgan fingerprint density at radius 3 is 2.48 bits per heavy atom. The maximum Gasteiger partial charge on any atom is 0.328 e. The van der Waals surface area contributed by atoms with Gasteiger partial charge in [0.15, 0.2) is 17.2 Å². The van der Waals surface area contributed by atoms with E-state index in [1.165, 1.54) is 31.9 Å². The van der Waals surface area contributed by atoms with E-state index in [-0.39, 0.29) is 18.1 Å². The van der Waals surface area contributed by atoms with Gasteiger partial charge in [-0.1, -0.05) is 48.5 Å². The van der Waals surface area contributed by atoms with Gasteiger partial charge < -0.3 is 19.9 Å². The predicted molar refractivity (Wildman–Crippen MR) is 116 cm³/mol. The van der Waals surface area contributed by atoms with Crippen molar-refractivity contribution in [3.63, 3.8) is 0 Å². The summed E-state index contributed by atoms with van der Waals surface area (Å²) in [7, 11) is 1.37. The molecule has 160 valence electrons. The van der Waals surface area contributed by atoms with Crippen molar-refractivity contribution >= 4 is 11.9 Å². The van der Waals surface area contributed by atoms with E-state index in [9.17, 15) is 14.7 Å². The number of hydrogen-bond acceptors (Lipinski definition) is 6. The van der Waals surface area contributed by atoms with Crippen LogP contribution >= 0.6 is 0 Å². The first kappa shape index (κ1) is 21.8. The molecule has 1 atom stereocenters. The van der Waals surface area contributed by atoms with Gasteiger partial charge in [0.2, 0.25) is 0 Å². The van der Waals surface area contributed by atoms with E-state index in [0.717, 1.165) is 16.7 Å². The zero-order valence-corrected chi connectivity index (χ0v) is 17.6. The fourth-order valence-corrected chi connectivity index (χ4v) is 3.05. The molecule has 0 radical (unpaired) electrons. The van der Waals surface area contributed by atoms with Gasteiger partial charge in [0.1, 0.15) is 12.6 Å². The van der Waals surface area contributed by atoms with Crippen LogP contribution in [0.5, 0.6) is 11.5 Å². The number of amides is 1. The highest BCUT2D eigenvalue weighted by molar-refractivity contribution is 5.97. The van der Waals surface area contributed by atoms with E-state index in [1.54, 1.807) is 0 Å². The molecule has 0 saturated carbocycles. The average molecular weight is 420 g/mol. The Hall–Kier alpha value is -3.87. The molecule has 1 amide bonds. The fraction of sp³-hybridized carbons (Fsp3) is 0.208. The van der Waals surface area contributed by atoms with Crippen molar-refractivity contribution in [1.29, 1.82) is 0 Å². The second-order valence-corrected chi connectivity index (χ2v) is 7.03. The van der Waals surface area contributed by atoms with Crippen LogP contribution in [0.15, 0.2) is 60.8 Å². The van der Waals surface area contributed by atoms with Gasteiger partial charge in [0.05, 0.1) is 7.11 Å². The van der Waals surface area contributed by atoms with E-state index in [0.29, 0.717) is 0 Å². The molecule has 0 aliphatic carbocycles. The topological polar surface area (TPSA) is 97.8 Å². The Balaban J connectivity index is 1.57. The highest BCUT2D eigenvalue weighted by Crippen LogP contribution is 2.27. The minimum Gasteiger partial charge on any atom is -0.503 e. The number of ether oxygens (including phenoxy) is 2. The van der Waals surface area contributed by atoms with Crippen LogP contribution in [-0.2, 0) is 16.1 Å². The first-order valence-corrected chi connectivity index (χ1v) is 9.75. The monoisotopic (exact) mass is 420 g/mol. The minimum absolute atomic E-state index is 0.0791. The number of aromatic nitrogens is 1. The number of nitrogens with one attached hydrogen (secondary N) is 1. The van der Waals surface area contributed by atoms with E-state index in [2.05, 4.69) is 29.4 Å². The zero-order chi connectivity index (χ0) is 22.4. The van der Waals surface area contributed by atoms with Crippen LogP contribution in [-0.4, -0.2) is 35.1 Å². The molecule has 0 saturated heterocycles. The SMILES string of the molecule is COc1ccnc(C(=O)NC(C)C(=O)OCc2ccc(-c3ccccc3C)cc2)c1O. The molecule has 31 heavy (non-hydrogen) atoms. The summed E-state index contributed by atoms with van der Waals surface area (Å²) < 4.78 is 10.3. The lowest BCUT2D eigenvalue weighted by Crippen LogP contribution is -2.39. The quantitative estimate of drug-likeness (QED) is 0.567. The van der Waals surface area contributed by atoms with Crippen LogP contribution < -0.4 is 10.1 Å². The van der Waals surface area contributed by atoms with Crippen molar-refractivity contribution < 1.29 is 24.2 Å². The van der Waals surface area contributed by atoms with Gasteiger partial charge >= 0.3 is 5.97 Å². The smallest absolute Gasteiger partial charge is 0.328 e. The van der Waals surface area contributed by atoms with E-state index >= 15 is 0 Å². The molecule has 1 heterocycles. The summed E-state index contributed by atoms with van der Waals surface area (Å²) in [5.41, 5.74) is 4.01. The number of pyridine rings is 1. The van der Waals surface area contributed by atoms with Crippen LogP contribution in [0.3, 0.4) is 0 Å². The molecule has 2 N–H and O–H groups in total. The second-order valence-electron chi connectivity index (χ2n) is 7.03. The largest absolute Gasteiger partial charge is 0.503 e. The van der Waals surface area contributed by atoms with Crippen LogP contribution in [0, 0.1) is 6.92 Å². The Bertz CT molecular complexity index is 1080. The number of carbonyl (C=O) groups excluding carboxylic acids is 2. The first-order valence-electron chi connectivity index (χ1n) is 9.75. The molecule has 1 aromatic heterocycles. The van der Waals surface area contributed by atoms with E-state index < -0.39 is 23.7 Å². The summed E-state index contributed by atoms with van der Waals surface area (Å²) in [4.78, 5) is 28.4. The number of methoxy groups -OCH3 is 1. The number of aromatic hydroxyl groups is 1. The molecule has 0 bridgehead atoms. The molecule has 0 spiro atoms. The number of aryl methyl sites for hydroxylation is 1. The molecule has 2 aromatic carbocycles.